The van der Waals surface area contributed by atoms with E-state index in [1.54, 1.807) is 57.7 Å². The number of hydrogen-bond acceptors (Lipinski definition) is 7. The molecule has 0 fully saturated rings. The van der Waals surface area contributed by atoms with Crippen LogP contribution in [0.25, 0.3) is 11.6 Å². The second-order valence-corrected chi connectivity index (χ2v) is 7.31. The first-order valence-electron chi connectivity index (χ1n) is 8.85. The van der Waals surface area contributed by atoms with Gasteiger partial charge >= 0.3 is 0 Å². The van der Waals surface area contributed by atoms with Crippen LogP contribution in [0.5, 0.6) is 11.5 Å². The van der Waals surface area contributed by atoms with Crippen LogP contribution >= 0.6 is 11.8 Å². The lowest BCUT2D eigenvalue weighted by Gasteiger charge is -2.15. The van der Waals surface area contributed by atoms with Crippen molar-refractivity contribution in [3.8, 4) is 23.1 Å². The van der Waals surface area contributed by atoms with E-state index in [1.165, 1.54) is 11.8 Å². The average molecular weight is 414 g/mol. The molecule has 3 rings (SSSR count). The molecule has 8 nitrogen and oxygen atoms in total. The lowest BCUT2D eigenvalue weighted by molar-refractivity contribution is -0.115. The fraction of sp³-hybridized carbons (Fsp3) is 0.250. The molecular weight excluding hydrogens is 392 g/mol. The number of aromatic nitrogens is 3. The van der Waals surface area contributed by atoms with Crippen LogP contribution in [0.1, 0.15) is 6.92 Å². The molecule has 3 aromatic rings. The minimum absolute atomic E-state index is 0.200. The molecule has 0 saturated carbocycles. The summed E-state index contributed by atoms with van der Waals surface area (Å²) in [7, 11) is 3.11. The Morgan fingerprint density at radius 1 is 1.34 bits per heavy atom. The first-order chi connectivity index (χ1) is 14.1. The lowest BCUT2D eigenvalue weighted by Crippen LogP contribution is -2.23. The van der Waals surface area contributed by atoms with Crippen molar-refractivity contribution in [2.45, 2.75) is 23.9 Å². The van der Waals surface area contributed by atoms with Crippen LogP contribution < -0.4 is 14.8 Å². The van der Waals surface area contributed by atoms with Gasteiger partial charge in [-0.1, -0.05) is 17.8 Å². The van der Waals surface area contributed by atoms with Gasteiger partial charge in [0.25, 0.3) is 0 Å². The standard InChI is InChI=1S/C20H22N4O4S/c1-5-10-24-18(17-7-6-11-28-17)22-23-20(24)29-13(2)19(25)21-15-12-14(26-3)8-9-16(15)27-4/h5-9,11-13H,1,10H2,2-4H3,(H,21,25). The molecule has 0 bridgehead atoms. The molecule has 0 spiro atoms. The normalized spacial score (nSPS) is 11.7. The zero-order chi connectivity index (χ0) is 20.8. The SMILES string of the molecule is C=CCn1c(SC(C)C(=O)Nc2cc(OC)ccc2OC)nnc1-c1ccco1. The number of furan rings is 1. The Bertz CT molecular complexity index is 985. The van der Waals surface area contributed by atoms with Gasteiger partial charge in [-0.25, -0.2) is 0 Å². The molecule has 0 aliphatic heterocycles. The Balaban J connectivity index is 1.77. The second-order valence-electron chi connectivity index (χ2n) is 6.00. The number of rotatable bonds is 9. The molecule has 1 amide bonds. The minimum Gasteiger partial charge on any atom is -0.497 e. The van der Waals surface area contributed by atoms with Crippen molar-refractivity contribution in [3.63, 3.8) is 0 Å². The summed E-state index contributed by atoms with van der Waals surface area (Å²) in [5.74, 6) is 2.15. The van der Waals surface area contributed by atoms with Crippen molar-refractivity contribution in [2.75, 3.05) is 19.5 Å². The molecule has 2 heterocycles. The number of allylic oxidation sites excluding steroid dienone is 1. The number of nitrogens with one attached hydrogen (secondary N) is 1. The Hall–Kier alpha value is -3.20. The summed E-state index contributed by atoms with van der Waals surface area (Å²) in [6.45, 7) is 6.07. The summed E-state index contributed by atoms with van der Waals surface area (Å²) >= 11 is 1.29. The quantitative estimate of drug-likeness (QED) is 0.420. The van der Waals surface area contributed by atoms with Gasteiger partial charge in [0, 0.05) is 12.6 Å². The monoisotopic (exact) mass is 414 g/mol. The molecule has 1 unspecified atom stereocenters. The van der Waals surface area contributed by atoms with E-state index in [9.17, 15) is 4.79 Å². The van der Waals surface area contributed by atoms with Crippen LogP contribution in [-0.4, -0.2) is 40.1 Å². The molecule has 9 heteroatoms. The Kier molecular flexibility index (Phi) is 6.61. The summed E-state index contributed by atoms with van der Waals surface area (Å²) < 4.78 is 17.8. The van der Waals surface area contributed by atoms with Gasteiger partial charge in [0.15, 0.2) is 10.9 Å². The van der Waals surface area contributed by atoms with E-state index < -0.39 is 5.25 Å². The first kappa shape index (κ1) is 20.5. The van der Waals surface area contributed by atoms with Gasteiger partial charge < -0.3 is 19.2 Å². The highest BCUT2D eigenvalue weighted by atomic mass is 32.2. The van der Waals surface area contributed by atoms with Crippen molar-refractivity contribution < 1.29 is 18.7 Å². The van der Waals surface area contributed by atoms with E-state index >= 15 is 0 Å². The Labute approximate surface area is 172 Å². The molecule has 0 aliphatic carbocycles. The number of nitrogens with zero attached hydrogens (tertiary/aromatic N) is 3. The molecular formula is C20H22N4O4S. The summed E-state index contributed by atoms with van der Waals surface area (Å²) in [4.78, 5) is 12.8. The molecule has 1 atom stereocenters. The molecule has 0 saturated heterocycles. The maximum Gasteiger partial charge on any atom is 0.237 e. The smallest absolute Gasteiger partial charge is 0.237 e. The number of amides is 1. The van der Waals surface area contributed by atoms with Gasteiger partial charge in [0.2, 0.25) is 11.7 Å². The molecule has 29 heavy (non-hydrogen) atoms. The van der Waals surface area contributed by atoms with Gasteiger partial charge in [-0.05, 0) is 31.2 Å². The van der Waals surface area contributed by atoms with Crippen molar-refractivity contribution in [1.29, 1.82) is 0 Å². The van der Waals surface area contributed by atoms with Crippen LogP contribution in [-0.2, 0) is 11.3 Å². The number of anilines is 1. The van der Waals surface area contributed by atoms with Crippen LogP contribution in [0.4, 0.5) is 5.69 Å². The van der Waals surface area contributed by atoms with Gasteiger partial charge in [0.1, 0.15) is 11.5 Å². The molecule has 0 radical (unpaired) electrons. The number of thioether (sulfide) groups is 1. The summed E-state index contributed by atoms with van der Waals surface area (Å²) in [5, 5.41) is 11.5. The average Bonchev–Trinajstić information content (AvgIpc) is 3.38. The van der Waals surface area contributed by atoms with Crippen molar-refractivity contribution in [2.24, 2.45) is 0 Å². The number of ether oxygens (including phenoxy) is 2. The van der Waals surface area contributed by atoms with E-state index in [1.807, 2.05) is 10.6 Å². The number of methoxy groups -OCH3 is 2. The topological polar surface area (TPSA) is 91.4 Å². The highest BCUT2D eigenvalue weighted by molar-refractivity contribution is 8.00. The van der Waals surface area contributed by atoms with Crippen LogP contribution in [0.15, 0.2) is 58.8 Å². The molecule has 1 aromatic carbocycles. The first-order valence-corrected chi connectivity index (χ1v) is 9.72. The van der Waals surface area contributed by atoms with E-state index in [2.05, 4.69) is 22.1 Å². The molecule has 152 valence electrons. The maximum absolute atomic E-state index is 12.8. The minimum atomic E-state index is -0.442. The highest BCUT2D eigenvalue weighted by Crippen LogP contribution is 2.31. The van der Waals surface area contributed by atoms with Gasteiger partial charge in [-0.15, -0.1) is 16.8 Å². The van der Waals surface area contributed by atoms with E-state index in [4.69, 9.17) is 13.9 Å². The zero-order valence-corrected chi connectivity index (χ0v) is 17.2. The third-order valence-corrected chi connectivity index (χ3v) is 5.17. The van der Waals surface area contributed by atoms with Crippen LogP contribution in [0, 0.1) is 0 Å². The zero-order valence-electron chi connectivity index (χ0n) is 16.4. The highest BCUT2D eigenvalue weighted by Gasteiger charge is 2.22. The molecule has 0 aliphatic rings. The third kappa shape index (κ3) is 4.62. The summed E-state index contributed by atoms with van der Waals surface area (Å²) in [6, 6.07) is 8.81. The van der Waals surface area contributed by atoms with E-state index in [0.717, 1.165) is 0 Å². The van der Waals surface area contributed by atoms with Crippen molar-refractivity contribution in [1.82, 2.24) is 14.8 Å². The van der Waals surface area contributed by atoms with Gasteiger partial charge in [-0.3, -0.25) is 9.36 Å². The van der Waals surface area contributed by atoms with Crippen LogP contribution in [0.2, 0.25) is 0 Å². The largest absolute Gasteiger partial charge is 0.497 e. The summed E-state index contributed by atoms with van der Waals surface area (Å²) in [6.07, 6.45) is 3.32. The number of benzene rings is 1. The molecule has 1 N–H and O–H groups in total. The van der Waals surface area contributed by atoms with E-state index in [0.29, 0.717) is 40.5 Å². The maximum atomic E-state index is 12.8. The van der Waals surface area contributed by atoms with Gasteiger partial charge in [0.05, 0.1) is 31.4 Å². The Morgan fingerprint density at radius 2 is 2.17 bits per heavy atom. The summed E-state index contributed by atoms with van der Waals surface area (Å²) in [5.41, 5.74) is 0.535. The van der Waals surface area contributed by atoms with Crippen LogP contribution in [0.3, 0.4) is 0 Å². The van der Waals surface area contributed by atoms with Crippen molar-refractivity contribution >= 4 is 23.4 Å². The number of hydrogen-bond donors (Lipinski definition) is 1. The Morgan fingerprint density at radius 3 is 2.83 bits per heavy atom. The predicted molar refractivity (Wildman–Crippen MR) is 111 cm³/mol. The fourth-order valence-corrected chi connectivity index (χ4v) is 3.47. The number of carbonyl (C=O) groups excluding carboxylic acids is 1. The molecule has 2 aromatic heterocycles. The van der Waals surface area contributed by atoms with E-state index in [-0.39, 0.29) is 5.91 Å². The number of carbonyl (C=O) groups is 1. The third-order valence-electron chi connectivity index (χ3n) is 4.09. The van der Waals surface area contributed by atoms with Crippen molar-refractivity contribution in [3.05, 3.63) is 49.2 Å². The van der Waals surface area contributed by atoms with Gasteiger partial charge in [-0.2, -0.15) is 0 Å². The fourth-order valence-electron chi connectivity index (χ4n) is 2.62. The lowest BCUT2D eigenvalue weighted by atomic mass is 10.2. The second kappa shape index (κ2) is 9.33. The predicted octanol–water partition coefficient (Wildman–Crippen LogP) is 3.86.